The summed E-state index contributed by atoms with van der Waals surface area (Å²) in [6.45, 7) is 2.06. The molecule has 0 radical (unpaired) electrons. The van der Waals surface area contributed by atoms with Crippen LogP contribution < -0.4 is 10.1 Å². The second-order valence-electron chi connectivity index (χ2n) is 4.64. The van der Waals surface area contributed by atoms with Crippen LogP contribution in [0.1, 0.15) is 30.3 Å². The van der Waals surface area contributed by atoms with Crippen molar-refractivity contribution >= 4 is 0 Å². The SMILES string of the molecule is COc1cccc([C@H](C)N[C@H](CO)c2ccccc2)n1. The molecule has 0 fully saturated rings. The van der Waals surface area contributed by atoms with Crippen LogP contribution in [0, 0.1) is 0 Å². The van der Waals surface area contributed by atoms with Crippen LogP contribution in [0.3, 0.4) is 0 Å². The summed E-state index contributed by atoms with van der Waals surface area (Å²) in [4.78, 5) is 4.41. The van der Waals surface area contributed by atoms with Crippen LogP contribution in [0.4, 0.5) is 0 Å². The van der Waals surface area contributed by atoms with E-state index in [9.17, 15) is 5.11 Å². The minimum Gasteiger partial charge on any atom is -0.481 e. The molecular weight excluding hydrogens is 252 g/mol. The average molecular weight is 272 g/mol. The third-order valence-electron chi connectivity index (χ3n) is 3.23. The van der Waals surface area contributed by atoms with E-state index >= 15 is 0 Å². The molecule has 2 atom stereocenters. The quantitative estimate of drug-likeness (QED) is 0.848. The molecule has 2 rings (SSSR count). The molecule has 2 aromatic rings. The van der Waals surface area contributed by atoms with Gasteiger partial charge in [0.05, 0.1) is 25.5 Å². The number of hydrogen-bond acceptors (Lipinski definition) is 4. The lowest BCUT2D eigenvalue weighted by Crippen LogP contribution is -2.27. The van der Waals surface area contributed by atoms with E-state index in [-0.39, 0.29) is 18.7 Å². The molecule has 0 unspecified atom stereocenters. The fourth-order valence-electron chi connectivity index (χ4n) is 2.11. The molecular formula is C16H20N2O2. The Hall–Kier alpha value is -1.91. The van der Waals surface area contributed by atoms with Crippen molar-refractivity contribution in [1.82, 2.24) is 10.3 Å². The summed E-state index contributed by atoms with van der Waals surface area (Å²) < 4.78 is 5.13. The zero-order valence-corrected chi connectivity index (χ0v) is 11.8. The molecule has 0 saturated carbocycles. The van der Waals surface area contributed by atoms with Gasteiger partial charge < -0.3 is 9.84 Å². The smallest absolute Gasteiger partial charge is 0.213 e. The molecule has 0 amide bonds. The summed E-state index contributed by atoms with van der Waals surface area (Å²) in [7, 11) is 1.60. The van der Waals surface area contributed by atoms with Crippen LogP contribution in [0.15, 0.2) is 48.5 Å². The highest BCUT2D eigenvalue weighted by atomic mass is 16.5. The Balaban J connectivity index is 2.11. The van der Waals surface area contributed by atoms with Gasteiger partial charge in [-0.1, -0.05) is 36.4 Å². The monoisotopic (exact) mass is 272 g/mol. The van der Waals surface area contributed by atoms with Crippen LogP contribution in [-0.2, 0) is 0 Å². The molecule has 4 nitrogen and oxygen atoms in total. The molecule has 4 heteroatoms. The maximum atomic E-state index is 9.57. The van der Waals surface area contributed by atoms with Crippen molar-refractivity contribution in [2.75, 3.05) is 13.7 Å². The Morgan fingerprint density at radius 2 is 1.90 bits per heavy atom. The predicted octanol–water partition coefficient (Wildman–Crippen LogP) is 2.47. The number of pyridine rings is 1. The molecule has 1 aromatic heterocycles. The normalized spacial score (nSPS) is 13.8. The molecule has 0 aliphatic heterocycles. The van der Waals surface area contributed by atoms with Gasteiger partial charge in [-0.05, 0) is 18.6 Å². The maximum absolute atomic E-state index is 9.57. The van der Waals surface area contributed by atoms with Crippen molar-refractivity contribution < 1.29 is 9.84 Å². The third kappa shape index (κ3) is 3.56. The number of aliphatic hydroxyl groups excluding tert-OH is 1. The highest BCUT2D eigenvalue weighted by Crippen LogP contribution is 2.19. The van der Waals surface area contributed by atoms with Crippen LogP contribution in [0.2, 0.25) is 0 Å². The average Bonchev–Trinajstić information content (AvgIpc) is 2.53. The van der Waals surface area contributed by atoms with Crippen molar-refractivity contribution in [3.8, 4) is 5.88 Å². The predicted molar refractivity (Wildman–Crippen MR) is 78.6 cm³/mol. The Morgan fingerprint density at radius 3 is 2.55 bits per heavy atom. The number of aromatic nitrogens is 1. The fourth-order valence-corrected chi connectivity index (χ4v) is 2.11. The molecule has 2 N–H and O–H groups in total. The first-order valence-electron chi connectivity index (χ1n) is 6.67. The number of nitrogens with zero attached hydrogens (tertiary/aromatic N) is 1. The van der Waals surface area contributed by atoms with Gasteiger partial charge in [0, 0.05) is 12.1 Å². The van der Waals surface area contributed by atoms with Crippen LogP contribution in [0.5, 0.6) is 5.88 Å². The number of methoxy groups -OCH3 is 1. The first kappa shape index (κ1) is 14.5. The molecule has 1 heterocycles. The second-order valence-corrected chi connectivity index (χ2v) is 4.64. The van der Waals surface area contributed by atoms with Gasteiger partial charge in [0.25, 0.3) is 0 Å². The molecule has 0 aliphatic rings. The fraction of sp³-hybridized carbons (Fsp3) is 0.312. The first-order chi connectivity index (χ1) is 9.74. The number of nitrogens with one attached hydrogen (secondary N) is 1. The lowest BCUT2D eigenvalue weighted by Gasteiger charge is -2.22. The largest absolute Gasteiger partial charge is 0.481 e. The summed E-state index contributed by atoms with van der Waals surface area (Å²) in [6, 6.07) is 15.5. The van der Waals surface area contributed by atoms with Gasteiger partial charge in [-0.3, -0.25) is 5.32 Å². The third-order valence-corrected chi connectivity index (χ3v) is 3.23. The number of rotatable bonds is 6. The van der Waals surface area contributed by atoms with Crippen molar-refractivity contribution in [3.05, 3.63) is 59.8 Å². The molecule has 1 aromatic carbocycles. The molecule has 0 spiro atoms. The van der Waals surface area contributed by atoms with Gasteiger partial charge in [-0.15, -0.1) is 0 Å². The lowest BCUT2D eigenvalue weighted by atomic mass is 10.1. The van der Waals surface area contributed by atoms with Gasteiger partial charge >= 0.3 is 0 Å². The van der Waals surface area contributed by atoms with E-state index in [0.717, 1.165) is 11.3 Å². The number of benzene rings is 1. The van der Waals surface area contributed by atoms with Gasteiger partial charge in [0.1, 0.15) is 0 Å². The zero-order chi connectivity index (χ0) is 14.4. The molecule has 0 aliphatic carbocycles. The Labute approximate surface area is 119 Å². The molecule has 20 heavy (non-hydrogen) atoms. The van der Waals surface area contributed by atoms with Gasteiger partial charge in [0.2, 0.25) is 5.88 Å². The summed E-state index contributed by atoms with van der Waals surface area (Å²) in [6.07, 6.45) is 0. The molecule has 0 saturated heterocycles. The highest BCUT2D eigenvalue weighted by molar-refractivity contribution is 5.21. The summed E-state index contributed by atoms with van der Waals surface area (Å²) in [5, 5.41) is 13.0. The van der Waals surface area contributed by atoms with Crippen molar-refractivity contribution in [1.29, 1.82) is 0 Å². The van der Waals surface area contributed by atoms with Gasteiger partial charge in [0.15, 0.2) is 0 Å². The minimum atomic E-state index is -0.112. The number of ether oxygens (including phenoxy) is 1. The molecule has 106 valence electrons. The van der Waals surface area contributed by atoms with E-state index in [0.29, 0.717) is 5.88 Å². The van der Waals surface area contributed by atoms with E-state index in [1.165, 1.54) is 0 Å². The summed E-state index contributed by atoms with van der Waals surface area (Å²) in [5.74, 6) is 0.594. The Bertz CT molecular complexity index is 531. The van der Waals surface area contributed by atoms with Crippen LogP contribution in [0.25, 0.3) is 0 Å². The summed E-state index contributed by atoms with van der Waals surface area (Å²) in [5.41, 5.74) is 1.95. The van der Waals surface area contributed by atoms with Crippen molar-refractivity contribution in [2.45, 2.75) is 19.0 Å². The van der Waals surface area contributed by atoms with Crippen molar-refractivity contribution in [2.24, 2.45) is 0 Å². The van der Waals surface area contributed by atoms with E-state index in [1.54, 1.807) is 7.11 Å². The number of hydrogen-bond donors (Lipinski definition) is 2. The highest BCUT2D eigenvalue weighted by Gasteiger charge is 2.15. The van der Waals surface area contributed by atoms with E-state index in [2.05, 4.69) is 10.3 Å². The van der Waals surface area contributed by atoms with E-state index in [4.69, 9.17) is 4.74 Å². The van der Waals surface area contributed by atoms with Crippen LogP contribution in [-0.4, -0.2) is 23.8 Å². The topological polar surface area (TPSA) is 54.4 Å². The lowest BCUT2D eigenvalue weighted by molar-refractivity contribution is 0.234. The molecule has 0 bridgehead atoms. The Kier molecular flexibility index (Phi) is 5.09. The summed E-state index contributed by atoms with van der Waals surface area (Å²) >= 11 is 0. The van der Waals surface area contributed by atoms with E-state index in [1.807, 2.05) is 55.5 Å². The second kappa shape index (κ2) is 7.03. The maximum Gasteiger partial charge on any atom is 0.213 e. The zero-order valence-electron chi connectivity index (χ0n) is 11.8. The standard InChI is InChI=1S/C16H20N2O2/c1-12(14-9-6-10-16(18-14)20-2)17-15(11-19)13-7-4-3-5-8-13/h3-10,12,15,17,19H,11H2,1-2H3/t12-,15+/m0/s1. The van der Waals surface area contributed by atoms with Gasteiger partial charge in [-0.2, -0.15) is 0 Å². The Morgan fingerprint density at radius 1 is 1.15 bits per heavy atom. The van der Waals surface area contributed by atoms with Gasteiger partial charge in [-0.25, -0.2) is 4.98 Å². The van der Waals surface area contributed by atoms with Crippen molar-refractivity contribution in [3.63, 3.8) is 0 Å². The van der Waals surface area contributed by atoms with E-state index < -0.39 is 0 Å². The first-order valence-corrected chi connectivity index (χ1v) is 6.67. The minimum absolute atomic E-state index is 0.0162. The number of aliphatic hydroxyl groups is 1. The van der Waals surface area contributed by atoms with Crippen LogP contribution >= 0.6 is 0 Å².